The van der Waals surface area contributed by atoms with E-state index in [0.717, 1.165) is 31.7 Å². The maximum atomic E-state index is 15.0. The number of carbonyl (C=O) groups excluding carboxylic acids is 8. The second kappa shape index (κ2) is 30.4. The molecule has 514 valence electrons. The van der Waals surface area contributed by atoms with Gasteiger partial charge in [-0.3, -0.25) is 47.7 Å². The molecule has 1 saturated heterocycles. The molecule has 93 heavy (non-hydrogen) atoms. The summed E-state index contributed by atoms with van der Waals surface area (Å²) < 4.78 is 63.7. The number of ether oxygens (including phenoxy) is 7. The van der Waals surface area contributed by atoms with Crippen LogP contribution < -0.4 is 31.4 Å². The summed E-state index contributed by atoms with van der Waals surface area (Å²) in [5.74, 6) is -13.5. The number of likely N-dealkylation sites (N-methyl/N-ethyl adjacent to an activating group) is 1. The number of piperidine rings is 1. The zero-order chi connectivity index (χ0) is 69.6. The summed E-state index contributed by atoms with van der Waals surface area (Å²) in [4.78, 5) is 159. The maximum absolute atomic E-state index is 15.0. The number of hydrogen-bond acceptors (Lipinski definition) is 23. The molecule has 5 heterocycles. The minimum Gasteiger partial charge on any atom is -0.507 e. The normalized spacial score (nSPS) is 25.9. The Bertz CT molecular complexity index is 3540. The minimum atomic E-state index is -5.67. The summed E-state index contributed by atoms with van der Waals surface area (Å²) in [7, 11) is -8.89. The highest BCUT2D eigenvalue weighted by molar-refractivity contribution is 7.70. The first-order valence-electron chi connectivity index (χ1n) is 30.1. The Labute approximate surface area is 536 Å². The highest BCUT2D eigenvalue weighted by Crippen LogP contribution is 2.58. The molecule has 2 aromatic rings. The first-order chi connectivity index (χ1) is 43.3. The van der Waals surface area contributed by atoms with E-state index in [1.54, 1.807) is 26.1 Å². The van der Waals surface area contributed by atoms with E-state index in [-0.39, 0.29) is 56.0 Å². The molecule has 10 atom stereocenters. The number of likely N-dealkylation sites (tertiary alicyclic amines) is 1. The Kier molecular flexibility index (Phi) is 24.4. The highest BCUT2D eigenvalue weighted by atomic mass is 31.2. The molecule has 33 heteroatoms. The number of amides is 4. The van der Waals surface area contributed by atoms with Gasteiger partial charge in [-0.15, -0.1) is 0 Å². The average Bonchev–Trinajstić information content (AvgIpc) is 1.57. The summed E-state index contributed by atoms with van der Waals surface area (Å²) in [5, 5.41) is 43.5. The predicted molar refractivity (Wildman–Crippen MR) is 329 cm³/mol. The second-order valence-electron chi connectivity index (χ2n) is 24.4. The van der Waals surface area contributed by atoms with E-state index < -0.39 is 171 Å². The number of aliphatic hydroxyl groups is 1. The van der Waals surface area contributed by atoms with Crippen LogP contribution in [0.5, 0.6) is 17.2 Å². The summed E-state index contributed by atoms with van der Waals surface area (Å²) >= 11 is 0. The number of aromatic hydroxyl groups is 2. The van der Waals surface area contributed by atoms with Gasteiger partial charge in [0, 0.05) is 114 Å². The van der Waals surface area contributed by atoms with Crippen molar-refractivity contribution < 1.29 is 116 Å². The van der Waals surface area contributed by atoms with Crippen molar-refractivity contribution in [3.05, 3.63) is 58.0 Å². The lowest BCUT2D eigenvalue weighted by Gasteiger charge is -2.39. The van der Waals surface area contributed by atoms with Crippen LogP contribution in [0.2, 0.25) is 0 Å². The number of benzene rings is 2. The van der Waals surface area contributed by atoms with Crippen LogP contribution >= 0.6 is 15.2 Å². The van der Waals surface area contributed by atoms with E-state index >= 15 is 0 Å². The van der Waals surface area contributed by atoms with Crippen LogP contribution in [-0.2, 0) is 66.3 Å². The van der Waals surface area contributed by atoms with Crippen LogP contribution in [0, 0.1) is 36.5 Å². The Morgan fingerprint density at radius 1 is 0.882 bits per heavy atom. The number of alkyl carbamates (subject to hydrolysis) is 1. The van der Waals surface area contributed by atoms with E-state index in [1.807, 2.05) is 0 Å². The second-order valence-corrected chi connectivity index (χ2v) is 28.2. The van der Waals surface area contributed by atoms with Crippen LogP contribution in [0.4, 0.5) is 10.5 Å². The van der Waals surface area contributed by atoms with Gasteiger partial charge in [-0.2, -0.15) is 0 Å². The number of nitrogens with one attached hydrogen (secondary N) is 3. The lowest BCUT2D eigenvalue weighted by atomic mass is 9.78. The lowest BCUT2D eigenvalue weighted by Crippen LogP contribution is -2.50. The summed E-state index contributed by atoms with van der Waals surface area (Å²) in [6, 6.07) is -1.83. The van der Waals surface area contributed by atoms with Crippen LogP contribution in [0.25, 0.3) is 10.8 Å². The van der Waals surface area contributed by atoms with Crippen LogP contribution in [-0.4, -0.2) is 187 Å². The molecule has 0 unspecified atom stereocenters. The first kappa shape index (κ1) is 74.7. The quantitative estimate of drug-likeness (QED) is 0.0336. The molecule has 0 aromatic heterocycles. The molecule has 1 fully saturated rings. The molecule has 31 nitrogen and oxygen atoms in total. The number of phenols is 2. The maximum Gasteiger partial charge on any atom is 0.410 e. The molecule has 5 bridgehead atoms. The van der Waals surface area contributed by atoms with Crippen molar-refractivity contribution >= 4 is 79.2 Å². The molecule has 2 aromatic carbocycles. The van der Waals surface area contributed by atoms with Gasteiger partial charge in [0.05, 0.1) is 35.1 Å². The molecule has 7 rings (SSSR count). The molecule has 1 spiro atoms. The van der Waals surface area contributed by atoms with Crippen molar-refractivity contribution in [2.45, 2.75) is 156 Å². The Hall–Kier alpha value is -7.34. The molecular weight excluding hydrogens is 1260 g/mol. The molecule has 0 radical (unpaired) electrons. The molecule has 10 N–H and O–H groups in total. The number of rotatable bonds is 18. The smallest absolute Gasteiger partial charge is 0.410 e. The lowest BCUT2D eigenvalue weighted by molar-refractivity contribution is -0.167. The molecule has 5 aliphatic rings. The van der Waals surface area contributed by atoms with Gasteiger partial charge < -0.3 is 93.8 Å². The fourth-order valence-corrected chi connectivity index (χ4v) is 13.9. The number of Topliss-reactive ketones (excluding diaryl/α,β-unsaturated/α-hetero) is 1. The third-order valence-corrected chi connectivity index (χ3v) is 20.1. The first-order valence-corrected chi connectivity index (χ1v) is 33.5. The van der Waals surface area contributed by atoms with Gasteiger partial charge in [0.15, 0.2) is 5.75 Å². The Balaban J connectivity index is 1.42. The number of allylic oxidation sites excluding steroid dienone is 2. The van der Waals surface area contributed by atoms with Gasteiger partial charge in [0.25, 0.3) is 11.7 Å². The van der Waals surface area contributed by atoms with Crippen LogP contribution in [0.1, 0.15) is 117 Å². The van der Waals surface area contributed by atoms with Gasteiger partial charge in [-0.05, 0) is 32.3 Å². The predicted octanol–water partition coefficient (Wildman–Crippen LogP) is 3.30. The monoisotopic (exact) mass is 1350 g/mol. The number of fused-ring (bicyclic) bond motifs is 13. The van der Waals surface area contributed by atoms with Gasteiger partial charge in [-0.1, -0.05) is 66.7 Å². The Morgan fingerprint density at radius 3 is 2.11 bits per heavy atom. The number of esters is 3. The standard InChI is InChI=1S/C60H85N7O24P2/c1-14-40(70)86-28-87-57(78)61-37(18-19-39(69)62-58(92(79,80)81)93(82,83)84)56(77)66(12)27-41(71)90-51-30(4)16-15-17-31(5)55(76)63-47-46-45(64-60(65-46)21-23-67(24-22-60)26-29(2)3)42-43(50(47)74)49(73)35(9)53-44(42)54(75)59(11,91-53)88-25-20-38(85-13)32(6)52(89-36(10)68)34(8)48(72)33(51)7/h15-17,20,25,29-30,32-34,37-38,48,51-52,58,64,72-74H,14,18-19,21-24,26-28H2,1-13H3,(H,61,78)(H,62,69)(H2,79,80,81)(H2,82,83,84)/b16-15+,25-20+,31-17-,63-47?/t30-,32+,33-,34+,37+,38-,48+,51-,52+,59-/m0/s1. The zero-order valence-electron chi connectivity index (χ0n) is 54.1. The molecule has 5 aliphatic heterocycles. The van der Waals surface area contributed by atoms with E-state index in [0.29, 0.717) is 31.8 Å². The Morgan fingerprint density at radius 2 is 1.52 bits per heavy atom. The van der Waals surface area contributed by atoms with Gasteiger partial charge in [0.2, 0.25) is 24.1 Å². The molecule has 0 aliphatic carbocycles. The number of aliphatic hydroxyl groups excluding tert-OH is 1. The molecule has 4 amide bonds. The molecular formula is C60H85N7O24P2. The number of phenolic OH excluding ortho intramolecular Hbond substituents is 2. The number of methoxy groups -OCH3 is 1. The SMILES string of the molecule is CCC(=O)OCOC(=O)N[C@H](CCC(=O)NC(P(=O)(O)O)P(=O)(O)O)C(=O)N(C)CC(=O)O[C@@H]1[C@@H](C)[C@@H](O)[C@@H](C)[C@H](OC(C)=O)[C@H](C)[C@@H](OC)/C=C/O[C@@]2(C)Oc3c(C)c(O)c4c(O)c(c5c(c4c3C2=O)NC2(CCN(CC(C)C)CC2)N=5)=NC(=O)/C(C)=C\C=C\[C@@H]1C. The number of carbonyl (C=O) groups is 8. The fourth-order valence-electron chi connectivity index (χ4n) is 11.7. The number of hydrogen-bond donors (Lipinski definition) is 10. The highest BCUT2D eigenvalue weighted by Gasteiger charge is 2.51. The summed E-state index contributed by atoms with van der Waals surface area (Å²) in [5.41, 5.74) is -3.74. The number of anilines is 1. The number of ketones is 1. The fraction of sp³-hybridized carbons (Fsp3) is 0.600. The van der Waals surface area contributed by atoms with Gasteiger partial charge >= 0.3 is 45.0 Å². The average molecular weight is 1350 g/mol. The summed E-state index contributed by atoms with van der Waals surface area (Å²) in [6.45, 7) is 17.7. The summed E-state index contributed by atoms with van der Waals surface area (Å²) in [6.07, 6.45) is -0.291. The van der Waals surface area contributed by atoms with Crippen molar-refractivity contribution in [2.75, 3.05) is 52.4 Å². The van der Waals surface area contributed by atoms with Crippen molar-refractivity contribution in [1.29, 1.82) is 0 Å². The third kappa shape index (κ3) is 17.5. The van der Waals surface area contributed by atoms with Crippen molar-refractivity contribution in [3.8, 4) is 17.2 Å². The largest absolute Gasteiger partial charge is 0.507 e. The van der Waals surface area contributed by atoms with E-state index in [2.05, 4.69) is 34.4 Å². The topological polar surface area (TPSA) is 444 Å². The van der Waals surface area contributed by atoms with Crippen molar-refractivity contribution in [1.82, 2.24) is 20.4 Å². The third-order valence-electron chi connectivity index (χ3n) is 16.8. The van der Waals surface area contributed by atoms with Crippen LogP contribution in [0.3, 0.4) is 0 Å². The van der Waals surface area contributed by atoms with E-state index in [9.17, 15) is 82.4 Å². The van der Waals surface area contributed by atoms with Gasteiger partial charge in [0.1, 0.15) is 52.7 Å². The van der Waals surface area contributed by atoms with E-state index in [4.69, 9.17) is 38.2 Å². The van der Waals surface area contributed by atoms with Crippen LogP contribution in [0.15, 0.2) is 46.1 Å². The van der Waals surface area contributed by atoms with Crippen molar-refractivity contribution in [2.24, 2.45) is 39.6 Å². The molecule has 0 saturated carbocycles. The minimum absolute atomic E-state index is 0.00100. The van der Waals surface area contributed by atoms with Gasteiger partial charge in [-0.25, -0.2) is 9.79 Å². The number of nitrogens with zero attached hydrogens (tertiary/aromatic N) is 4. The zero-order valence-corrected chi connectivity index (χ0v) is 55.9. The van der Waals surface area contributed by atoms with Crippen molar-refractivity contribution in [3.63, 3.8) is 0 Å². The van der Waals surface area contributed by atoms with E-state index in [1.165, 1.54) is 66.0 Å².